The van der Waals surface area contributed by atoms with E-state index in [1.807, 2.05) is 0 Å². The Bertz CT molecular complexity index is 476. The minimum absolute atomic E-state index is 0.197. The van der Waals surface area contributed by atoms with Crippen molar-refractivity contribution in [2.24, 2.45) is 0 Å². The van der Waals surface area contributed by atoms with Gasteiger partial charge in [-0.2, -0.15) is 0 Å². The van der Waals surface area contributed by atoms with Gasteiger partial charge in [0.25, 0.3) is 0 Å². The molecule has 1 unspecified atom stereocenters. The molecule has 0 bridgehead atoms. The maximum absolute atomic E-state index is 10.0. The number of likely N-dealkylation sites (tertiary alicyclic amines) is 1. The summed E-state index contributed by atoms with van der Waals surface area (Å²) in [5, 5.41) is 10.0. The molecular formula is C15H20BrNO. The van der Waals surface area contributed by atoms with E-state index in [1.165, 1.54) is 15.6 Å². The minimum Gasteiger partial charge on any atom is -0.378 e. The lowest BCUT2D eigenvalue weighted by molar-refractivity contribution is -0.0744. The smallest absolute Gasteiger partial charge is 0.107 e. The summed E-state index contributed by atoms with van der Waals surface area (Å²) in [7, 11) is 2.07. The molecule has 18 heavy (non-hydrogen) atoms. The van der Waals surface area contributed by atoms with Crippen molar-refractivity contribution < 1.29 is 5.11 Å². The summed E-state index contributed by atoms with van der Waals surface area (Å²) in [5.74, 6) is 0. The van der Waals surface area contributed by atoms with Gasteiger partial charge in [-0.3, -0.25) is 4.90 Å². The Morgan fingerprint density at radius 2 is 2.17 bits per heavy atom. The number of hydrogen-bond donors (Lipinski definition) is 1. The first-order valence-corrected chi connectivity index (χ1v) is 7.50. The van der Waals surface area contributed by atoms with Gasteiger partial charge in [0.15, 0.2) is 0 Å². The molecule has 1 saturated heterocycles. The Kier molecular flexibility index (Phi) is 3.04. The normalized spacial score (nSPS) is 36.0. The van der Waals surface area contributed by atoms with E-state index in [1.54, 1.807) is 0 Å². The van der Waals surface area contributed by atoms with Crippen molar-refractivity contribution in [2.45, 2.75) is 50.3 Å². The van der Waals surface area contributed by atoms with Crippen molar-refractivity contribution in [1.82, 2.24) is 4.90 Å². The number of aryl methyl sites for hydroxylation is 1. The van der Waals surface area contributed by atoms with Crippen LogP contribution in [-0.4, -0.2) is 29.3 Å². The summed E-state index contributed by atoms with van der Waals surface area (Å²) in [4.78, 5) is 2.18. The average Bonchev–Trinajstić information content (AvgIpc) is 2.34. The number of fused-ring (bicyclic) bond motifs is 3. The summed E-state index contributed by atoms with van der Waals surface area (Å²) in [6.45, 7) is 2.37. The maximum atomic E-state index is 10.0. The van der Waals surface area contributed by atoms with Crippen molar-refractivity contribution in [2.75, 3.05) is 7.05 Å². The number of rotatable bonds is 0. The van der Waals surface area contributed by atoms with Gasteiger partial charge in [0.2, 0.25) is 0 Å². The number of piperidine rings is 1. The van der Waals surface area contributed by atoms with E-state index >= 15 is 0 Å². The van der Waals surface area contributed by atoms with Crippen LogP contribution in [0.2, 0.25) is 0 Å². The summed E-state index contributed by atoms with van der Waals surface area (Å²) in [6.07, 6.45) is 3.95. The van der Waals surface area contributed by atoms with Gasteiger partial charge in [0, 0.05) is 15.9 Å². The molecule has 3 rings (SSSR count). The highest BCUT2D eigenvalue weighted by Crippen LogP contribution is 2.46. The molecular weight excluding hydrogens is 290 g/mol. The van der Waals surface area contributed by atoms with Gasteiger partial charge in [-0.1, -0.05) is 28.9 Å². The molecule has 1 fully saturated rings. The SMILES string of the molecule is CN1C(O)CC[C@]2(C)c3ccc(Br)cc3CC[C@@H]12. The van der Waals surface area contributed by atoms with Crippen LogP contribution in [0, 0.1) is 0 Å². The van der Waals surface area contributed by atoms with Crippen molar-refractivity contribution in [3.63, 3.8) is 0 Å². The Morgan fingerprint density at radius 3 is 2.94 bits per heavy atom. The van der Waals surface area contributed by atoms with Gasteiger partial charge in [0.1, 0.15) is 6.23 Å². The number of halogens is 1. The van der Waals surface area contributed by atoms with E-state index in [0.29, 0.717) is 6.04 Å². The van der Waals surface area contributed by atoms with Gasteiger partial charge in [0.05, 0.1) is 0 Å². The van der Waals surface area contributed by atoms with Crippen LogP contribution in [0.5, 0.6) is 0 Å². The Morgan fingerprint density at radius 1 is 1.39 bits per heavy atom. The summed E-state index contributed by atoms with van der Waals surface area (Å²) >= 11 is 3.57. The molecule has 0 aromatic heterocycles. The van der Waals surface area contributed by atoms with E-state index in [-0.39, 0.29) is 11.6 Å². The number of benzene rings is 1. The predicted molar refractivity (Wildman–Crippen MR) is 76.6 cm³/mol. The molecule has 1 heterocycles. The lowest BCUT2D eigenvalue weighted by atomic mass is 9.63. The highest BCUT2D eigenvalue weighted by molar-refractivity contribution is 9.10. The zero-order chi connectivity index (χ0) is 12.9. The summed E-state index contributed by atoms with van der Waals surface area (Å²) in [6, 6.07) is 7.16. The van der Waals surface area contributed by atoms with Gasteiger partial charge >= 0.3 is 0 Å². The van der Waals surface area contributed by atoms with Crippen molar-refractivity contribution in [3.8, 4) is 0 Å². The van der Waals surface area contributed by atoms with Gasteiger partial charge in [-0.15, -0.1) is 0 Å². The quantitative estimate of drug-likeness (QED) is 0.796. The number of hydrogen-bond acceptors (Lipinski definition) is 2. The number of likely N-dealkylation sites (N-methyl/N-ethyl adjacent to an activating group) is 1. The van der Waals surface area contributed by atoms with E-state index in [9.17, 15) is 5.11 Å². The van der Waals surface area contributed by atoms with E-state index in [2.05, 4.69) is 53.0 Å². The van der Waals surface area contributed by atoms with Crippen LogP contribution in [0.15, 0.2) is 22.7 Å². The summed E-state index contributed by atoms with van der Waals surface area (Å²) < 4.78 is 1.17. The molecule has 3 heteroatoms. The highest BCUT2D eigenvalue weighted by atomic mass is 79.9. The molecule has 1 aromatic carbocycles. The first-order valence-electron chi connectivity index (χ1n) is 6.71. The monoisotopic (exact) mass is 309 g/mol. The van der Waals surface area contributed by atoms with Crippen molar-refractivity contribution in [3.05, 3.63) is 33.8 Å². The molecule has 98 valence electrons. The predicted octanol–water partition coefficient (Wildman–Crippen LogP) is 3.07. The lowest BCUT2D eigenvalue weighted by Gasteiger charge is -2.52. The molecule has 0 radical (unpaired) electrons. The zero-order valence-corrected chi connectivity index (χ0v) is 12.6. The molecule has 0 spiro atoms. The van der Waals surface area contributed by atoms with Crippen molar-refractivity contribution >= 4 is 15.9 Å². The molecule has 1 aromatic rings. The summed E-state index contributed by atoms with van der Waals surface area (Å²) in [5.41, 5.74) is 3.16. The largest absolute Gasteiger partial charge is 0.378 e. The number of aliphatic hydroxyl groups excluding tert-OH is 1. The number of nitrogens with zero attached hydrogens (tertiary/aromatic N) is 1. The third-order valence-corrected chi connectivity index (χ3v) is 5.48. The third kappa shape index (κ3) is 1.75. The Balaban J connectivity index is 2.06. The Hall–Kier alpha value is -0.380. The van der Waals surface area contributed by atoms with Crippen LogP contribution < -0.4 is 0 Å². The average molecular weight is 310 g/mol. The van der Waals surface area contributed by atoms with Crippen LogP contribution >= 0.6 is 15.9 Å². The van der Waals surface area contributed by atoms with Gasteiger partial charge < -0.3 is 5.11 Å². The maximum Gasteiger partial charge on any atom is 0.107 e. The fourth-order valence-corrected chi connectivity index (χ4v) is 4.32. The molecule has 0 saturated carbocycles. The molecule has 1 aliphatic heterocycles. The zero-order valence-electron chi connectivity index (χ0n) is 11.0. The second kappa shape index (κ2) is 4.32. The molecule has 1 aliphatic carbocycles. The molecule has 2 nitrogen and oxygen atoms in total. The molecule has 0 amide bonds. The highest BCUT2D eigenvalue weighted by Gasteiger charge is 2.46. The fraction of sp³-hybridized carbons (Fsp3) is 0.600. The third-order valence-electron chi connectivity index (χ3n) is 4.99. The minimum atomic E-state index is -0.264. The second-order valence-electron chi connectivity index (χ2n) is 5.96. The van der Waals surface area contributed by atoms with E-state index in [4.69, 9.17) is 0 Å². The standard InChI is InChI=1S/C15H20BrNO/c1-15-8-7-14(18)17(2)13(15)6-3-10-9-11(16)4-5-12(10)15/h4-5,9,13-14,18H,3,6-8H2,1-2H3/t13-,14?,15-/m1/s1. The lowest BCUT2D eigenvalue weighted by Crippen LogP contribution is -2.57. The first kappa shape index (κ1) is 12.6. The van der Waals surface area contributed by atoms with E-state index < -0.39 is 0 Å². The van der Waals surface area contributed by atoms with Crippen LogP contribution in [0.4, 0.5) is 0 Å². The van der Waals surface area contributed by atoms with Gasteiger partial charge in [-0.25, -0.2) is 0 Å². The van der Waals surface area contributed by atoms with Crippen molar-refractivity contribution in [1.29, 1.82) is 0 Å². The van der Waals surface area contributed by atoms with Crippen LogP contribution in [-0.2, 0) is 11.8 Å². The van der Waals surface area contributed by atoms with Crippen LogP contribution in [0.25, 0.3) is 0 Å². The molecule has 3 atom stereocenters. The second-order valence-corrected chi connectivity index (χ2v) is 6.87. The molecule has 1 N–H and O–H groups in total. The van der Waals surface area contributed by atoms with Crippen LogP contribution in [0.1, 0.15) is 37.3 Å². The van der Waals surface area contributed by atoms with Crippen LogP contribution in [0.3, 0.4) is 0 Å². The number of aliphatic hydroxyl groups is 1. The van der Waals surface area contributed by atoms with E-state index in [0.717, 1.165) is 25.7 Å². The first-order chi connectivity index (χ1) is 8.52. The van der Waals surface area contributed by atoms with Gasteiger partial charge in [-0.05, 0) is 56.0 Å². The Labute approximate surface area is 117 Å². The fourth-order valence-electron chi connectivity index (χ4n) is 3.91. The topological polar surface area (TPSA) is 23.5 Å². The molecule has 2 aliphatic rings.